The molecule has 0 amide bonds. The molecule has 1 aromatic carbocycles. The molecule has 3 aromatic heterocycles. The topological polar surface area (TPSA) is 86.7 Å². The Kier molecular flexibility index (Phi) is 4.06. The number of pyridine rings is 1. The molecule has 0 aliphatic rings. The van der Waals surface area contributed by atoms with Gasteiger partial charge in [-0.25, -0.2) is 9.07 Å². The summed E-state index contributed by atoms with van der Waals surface area (Å²) in [4.78, 5) is 20.3. The Bertz CT molecular complexity index is 1110. The third-order valence-electron chi connectivity index (χ3n) is 3.71. The fourth-order valence-corrected chi connectivity index (χ4v) is 2.40. The van der Waals surface area contributed by atoms with Crippen molar-refractivity contribution in [3.8, 4) is 23.0 Å². The molecule has 0 fully saturated rings. The minimum Gasteiger partial charge on any atom is -0.332 e. The zero-order valence-electron chi connectivity index (χ0n) is 13.4. The van der Waals surface area contributed by atoms with Gasteiger partial charge in [-0.3, -0.25) is 9.78 Å². The normalized spacial score (nSPS) is 10.8. The molecule has 7 nitrogen and oxygen atoms in total. The Morgan fingerprint density at radius 2 is 1.96 bits per heavy atom. The number of hydrogen-bond donors (Lipinski definition) is 0. The van der Waals surface area contributed by atoms with Crippen molar-refractivity contribution >= 4 is 0 Å². The quantitative estimate of drug-likeness (QED) is 0.563. The van der Waals surface area contributed by atoms with Crippen LogP contribution in [-0.2, 0) is 6.54 Å². The minimum atomic E-state index is -0.400. The molecule has 0 aliphatic carbocycles. The monoisotopic (exact) mass is 349 g/mol. The first kappa shape index (κ1) is 15.8. The SMILES string of the molecule is O=c1ccc(-c2nc(-c3cccnc3)no2)nn1Cc1ccccc1F. The van der Waals surface area contributed by atoms with Gasteiger partial charge in [0, 0.05) is 29.6 Å². The number of nitrogens with zero attached hydrogens (tertiary/aromatic N) is 5. The molecule has 3 heterocycles. The second-order valence-electron chi connectivity index (χ2n) is 5.47. The molecule has 8 heteroatoms. The minimum absolute atomic E-state index is 0.00292. The van der Waals surface area contributed by atoms with Crippen molar-refractivity contribution in [3.05, 3.63) is 82.7 Å². The van der Waals surface area contributed by atoms with E-state index in [4.69, 9.17) is 4.52 Å². The zero-order chi connectivity index (χ0) is 17.9. The number of rotatable bonds is 4. The largest absolute Gasteiger partial charge is 0.332 e. The van der Waals surface area contributed by atoms with Crippen LogP contribution in [0.15, 0.2) is 70.2 Å². The highest BCUT2D eigenvalue weighted by Gasteiger charge is 2.14. The van der Waals surface area contributed by atoms with Crippen LogP contribution in [0.3, 0.4) is 0 Å². The van der Waals surface area contributed by atoms with Gasteiger partial charge in [0.1, 0.15) is 11.5 Å². The lowest BCUT2D eigenvalue weighted by molar-refractivity contribution is 0.429. The Hall–Kier alpha value is -3.68. The molecular formula is C18H12FN5O2. The Labute approximate surface area is 146 Å². The molecule has 4 rings (SSSR count). The number of hydrogen-bond acceptors (Lipinski definition) is 6. The maximum Gasteiger partial charge on any atom is 0.278 e. The lowest BCUT2D eigenvalue weighted by atomic mass is 10.2. The van der Waals surface area contributed by atoms with Gasteiger partial charge in [0.25, 0.3) is 11.4 Å². The summed E-state index contributed by atoms with van der Waals surface area (Å²) in [6.07, 6.45) is 3.26. The van der Waals surface area contributed by atoms with Crippen LogP contribution in [0, 0.1) is 5.82 Å². The summed E-state index contributed by atoms with van der Waals surface area (Å²) < 4.78 is 20.2. The van der Waals surface area contributed by atoms with Gasteiger partial charge in [0.15, 0.2) is 0 Å². The second-order valence-corrected chi connectivity index (χ2v) is 5.47. The maximum absolute atomic E-state index is 13.8. The lowest BCUT2D eigenvalue weighted by Gasteiger charge is -2.06. The smallest absolute Gasteiger partial charge is 0.278 e. The molecule has 4 aromatic rings. The molecule has 26 heavy (non-hydrogen) atoms. The zero-order valence-corrected chi connectivity index (χ0v) is 13.4. The lowest BCUT2D eigenvalue weighted by Crippen LogP contribution is -2.23. The van der Waals surface area contributed by atoms with Crippen LogP contribution in [-0.4, -0.2) is 24.9 Å². The fourth-order valence-electron chi connectivity index (χ4n) is 2.40. The maximum atomic E-state index is 13.8. The summed E-state index contributed by atoms with van der Waals surface area (Å²) in [6, 6.07) is 12.6. The van der Waals surface area contributed by atoms with Gasteiger partial charge in [0.2, 0.25) is 5.82 Å². The van der Waals surface area contributed by atoms with Crippen molar-refractivity contribution in [1.29, 1.82) is 0 Å². The van der Waals surface area contributed by atoms with Gasteiger partial charge >= 0.3 is 0 Å². The molecule has 0 unspecified atom stereocenters. The van der Waals surface area contributed by atoms with Crippen molar-refractivity contribution < 1.29 is 8.91 Å². The van der Waals surface area contributed by atoms with Crippen LogP contribution in [0.2, 0.25) is 0 Å². The van der Waals surface area contributed by atoms with E-state index in [2.05, 4.69) is 20.2 Å². The first-order chi connectivity index (χ1) is 12.7. The van der Waals surface area contributed by atoms with E-state index in [-0.39, 0.29) is 18.0 Å². The number of halogens is 1. The summed E-state index contributed by atoms with van der Waals surface area (Å²) in [6.45, 7) is 0.00292. The van der Waals surface area contributed by atoms with Crippen molar-refractivity contribution in [1.82, 2.24) is 24.9 Å². The summed E-state index contributed by atoms with van der Waals surface area (Å²) in [5, 5.41) is 8.11. The average Bonchev–Trinajstić information content (AvgIpc) is 3.16. The average molecular weight is 349 g/mol. The van der Waals surface area contributed by atoms with Crippen molar-refractivity contribution in [2.45, 2.75) is 6.54 Å². The van der Waals surface area contributed by atoms with E-state index in [1.807, 2.05) is 0 Å². The molecule has 0 aliphatic heterocycles. The second kappa shape index (κ2) is 6.67. The third kappa shape index (κ3) is 3.12. The van der Waals surface area contributed by atoms with Gasteiger partial charge in [-0.15, -0.1) is 0 Å². The molecule has 0 saturated heterocycles. The first-order valence-electron chi connectivity index (χ1n) is 7.77. The highest BCUT2D eigenvalue weighted by Crippen LogP contribution is 2.19. The molecule has 0 spiro atoms. The summed E-state index contributed by atoms with van der Waals surface area (Å²) >= 11 is 0. The number of benzene rings is 1. The highest BCUT2D eigenvalue weighted by molar-refractivity contribution is 5.56. The van der Waals surface area contributed by atoms with Gasteiger partial charge in [-0.1, -0.05) is 23.4 Å². The molecule has 0 N–H and O–H groups in total. The van der Waals surface area contributed by atoms with Crippen LogP contribution < -0.4 is 5.56 Å². The van der Waals surface area contributed by atoms with E-state index in [0.29, 0.717) is 22.6 Å². The predicted octanol–water partition coefficient (Wildman–Crippen LogP) is 2.54. The van der Waals surface area contributed by atoms with E-state index in [1.165, 1.54) is 18.2 Å². The van der Waals surface area contributed by atoms with E-state index in [9.17, 15) is 9.18 Å². The van der Waals surface area contributed by atoms with Crippen LogP contribution in [0.5, 0.6) is 0 Å². The van der Waals surface area contributed by atoms with E-state index in [0.717, 1.165) is 4.68 Å². The van der Waals surface area contributed by atoms with Gasteiger partial charge in [-0.05, 0) is 24.3 Å². The van der Waals surface area contributed by atoms with Crippen LogP contribution in [0.25, 0.3) is 23.0 Å². The standard InChI is InChI=1S/C18H12FN5O2/c19-14-6-2-1-4-13(14)11-24-16(25)8-7-15(22-24)18-21-17(23-26-18)12-5-3-9-20-10-12/h1-10H,11H2. The summed E-state index contributed by atoms with van der Waals surface area (Å²) in [7, 11) is 0. The van der Waals surface area contributed by atoms with Crippen molar-refractivity contribution in [3.63, 3.8) is 0 Å². The Morgan fingerprint density at radius 1 is 1.08 bits per heavy atom. The van der Waals surface area contributed by atoms with Crippen molar-refractivity contribution in [2.24, 2.45) is 0 Å². The molecule has 0 radical (unpaired) electrons. The highest BCUT2D eigenvalue weighted by atomic mass is 19.1. The number of aromatic nitrogens is 5. The van der Waals surface area contributed by atoms with E-state index >= 15 is 0 Å². The fraction of sp³-hybridized carbons (Fsp3) is 0.0556. The summed E-state index contributed by atoms with van der Waals surface area (Å²) in [5.74, 6) is 0.121. The van der Waals surface area contributed by atoms with Crippen LogP contribution in [0.1, 0.15) is 5.56 Å². The van der Waals surface area contributed by atoms with Gasteiger partial charge in [-0.2, -0.15) is 10.1 Å². The first-order valence-corrected chi connectivity index (χ1v) is 7.77. The predicted molar refractivity (Wildman–Crippen MR) is 90.5 cm³/mol. The third-order valence-corrected chi connectivity index (χ3v) is 3.71. The van der Waals surface area contributed by atoms with E-state index < -0.39 is 5.82 Å². The molecular weight excluding hydrogens is 337 g/mol. The molecule has 128 valence electrons. The Balaban J connectivity index is 1.67. The summed E-state index contributed by atoms with van der Waals surface area (Å²) in [5.41, 5.74) is 1.02. The molecule has 0 atom stereocenters. The Morgan fingerprint density at radius 3 is 2.77 bits per heavy atom. The van der Waals surface area contributed by atoms with Gasteiger partial charge < -0.3 is 4.52 Å². The van der Waals surface area contributed by atoms with Gasteiger partial charge in [0.05, 0.1) is 6.54 Å². The van der Waals surface area contributed by atoms with Crippen LogP contribution >= 0.6 is 0 Å². The van der Waals surface area contributed by atoms with Crippen molar-refractivity contribution in [2.75, 3.05) is 0 Å². The molecule has 0 saturated carbocycles. The molecule has 0 bridgehead atoms. The van der Waals surface area contributed by atoms with Crippen LogP contribution in [0.4, 0.5) is 4.39 Å². The van der Waals surface area contributed by atoms with E-state index in [1.54, 1.807) is 42.7 Å².